The van der Waals surface area contributed by atoms with Crippen LogP contribution in [0.15, 0.2) is 4.42 Å². The third-order valence-corrected chi connectivity index (χ3v) is 5.37. The molecule has 0 N–H and O–H groups in total. The van der Waals surface area contributed by atoms with E-state index in [4.69, 9.17) is 39.9 Å². The zero-order valence-corrected chi connectivity index (χ0v) is 17.4. The molecule has 3 aromatic carbocycles. The first-order valence-corrected chi connectivity index (χ1v) is 9.30. The molecule has 0 unspecified atom stereocenters. The van der Waals surface area contributed by atoms with Crippen molar-refractivity contribution >= 4 is 49.8 Å². The molecule has 1 heterocycles. The maximum Gasteiger partial charge on any atom is 0.532 e. The van der Waals surface area contributed by atoms with E-state index in [9.17, 15) is 0 Å². The van der Waals surface area contributed by atoms with Gasteiger partial charge in [0.25, 0.3) is 5.70 Å². The Bertz CT molecular complexity index is 2040. The molecule has 4 rings (SSSR count). The van der Waals surface area contributed by atoms with E-state index in [0.29, 0.717) is 0 Å². The van der Waals surface area contributed by atoms with Crippen molar-refractivity contribution in [3.05, 3.63) is 84.8 Å². The van der Waals surface area contributed by atoms with E-state index in [-0.39, 0.29) is 0 Å². The Kier molecular flexibility index (Phi) is 5.43. The Morgan fingerprint density at radius 2 is 1.00 bits per heavy atom. The van der Waals surface area contributed by atoms with Gasteiger partial charge in [0.15, 0.2) is 22.8 Å². The molecule has 0 aliphatic carbocycles. The summed E-state index contributed by atoms with van der Waals surface area (Å²) >= 11 is 0. The smallest absolute Gasteiger partial charge is 0.450 e. The summed E-state index contributed by atoms with van der Waals surface area (Å²) in [5.41, 5.74) is -5.14. The molecule has 174 valence electrons. The Hall–Kier alpha value is -6.02. The number of hydrogen-bond acceptors (Lipinski definition) is 4. The summed E-state index contributed by atoms with van der Waals surface area (Å²) in [7, 11) is 0. The van der Waals surface area contributed by atoms with Gasteiger partial charge in [-0.25, -0.2) is 36.4 Å². The van der Waals surface area contributed by atoms with E-state index in [2.05, 4.69) is 14.5 Å². The molecule has 0 radical (unpaired) electrons. The summed E-state index contributed by atoms with van der Waals surface area (Å²) in [6, 6.07) is 3.60. The van der Waals surface area contributed by atoms with Crippen LogP contribution >= 0.6 is 0 Å². The number of nitriles is 3. The monoisotopic (exact) mass is 502 g/mol. The Labute approximate surface area is 199 Å². The second-order valence-electron chi connectivity index (χ2n) is 6.99. The highest BCUT2D eigenvalue weighted by Crippen LogP contribution is 2.38. The van der Waals surface area contributed by atoms with Gasteiger partial charge in [-0.05, 0) is 0 Å². The lowest BCUT2D eigenvalue weighted by Gasteiger charge is -1.91. The lowest BCUT2D eigenvalue weighted by molar-refractivity contribution is 0.549. The third-order valence-electron chi connectivity index (χ3n) is 5.37. The first-order chi connectivity index (χ1) is 17.6. The average molecular weight is 502 g/mol. The largest absolute Gasteiger partial charge is 0.532 e. The second-order valence-corrected chi connectivity index (χ2v) is 6.99. The molecule has 1 aromatic heterocycles. The van der Waals surface area contributed by atoms with E-state index in [1.54, 1.807) is 0 Å². The first kappa shape index (κ1) is 24.1. The fraction of sp³-hybridized carbons (Fsp3) is 0. The topological polar surface area (TPSA) is 97.6 Å². The van der Waals surface area contributed by atoms with Gasteiger partial charge >= 0.3 is 5.82 Å². The molecule has 7 nitrogen and oxygen atoms in total. The van der Waals surface area contributed by atoms with E-state index in [1.165, 1.54) is 18.2 Å². The zero-order valence-electron chi connectivity index (χ0n) is 17.4. The van der Waals surface area contributed by atoms with Gasteiger partial charge in [-0.3, -0.25) is 0 Å². The standard InChI is InChI=1S/C24F6N6O/c1-34-8(6-33)10-17(26)11-12(18(10)27)14-19(28)15(24(35-2)36-3)21(30)23(14)37-22-13(11)16(25)9(20(22)29)7(4-31)5-32/b10-8-. The van der Waals surface area contributed by atoms with Gasteiger partial charge in [-0.2, -0.15) is 20.2 Å². The lowest BCUT2D eigenvalue weighted by Crippen LogP contribution is -2.10. The van der Waals surface area contributed by atoms with Gasteiger partial charge in [0.05, 0.1) is 33.9 Å². The SMILES string of the molecule is [C-]#[N+]C([N+]#[C-])=c1c(F)c2oc3c(F)c(=C(C#N)C#N)c(F)c3c3c(F)/c(=C(\C#N)[N+]#[C-])c(F)c3c2c1F. The minimum Gasteiger partial charge on any atom is -0.450 e. The fourth-order valence-corrected chi connectivity index (χ4v) is 3.90. The highest BCUT2D eigenvalue weighted by Gasteiger charge is 2.32. The molecule has 0 bridgehead atoms. The van der Waals surface area contributed by atoms with Crippen molar-refractivity contribution in [2.45, 2.75) is 0 Å². The van der Waals surface area contributed by atoms with Crippen LogP contribution in [0.25, 0.3) is 64.3 Å². The van der Waals surface area contributed by atoms with Gasteiger partial charge in [0, 0.05) is 10.8 Å². The minimum absolute atomic E-state index is 1.17. The fourth-order valence-electron chi connectivity index (χ4n) is 3.90. The van der Waals surface area contributed by atoms with Crippen molar-refractivity contribution in [2.24, 2.45) is 0 Å². The molecule has 0 saturated heterocycles. The van der Waals surface area contributed by atoms with Gasteiger partial charge in [-0.1, -0.05) is 0 Å². The van der Waals surface area contributed by atoms with Gasteiger partial charge in [-0.15, -0.1) is 0 Å². The molecule has 0 fully saturated rings. The molecule has 37 heavy (non-hydrogen) atoms. The van der Waals surface area contributed by atoms with Crippen molar-refractivity contribution in [3.63, 3.8) is 0 Å². The highest BCUT2D eigenvalue weighted by molar-refractivity contribution is 6.17. The molecular formula is C24F6N6O. The minimum atomic E-state index is -1.86. The predicted molar refractivity (Wildman–Crippen MR) is 112 cm³/mol. The van der Waals surface area contributed by atoms with Crippen LogP contribution in [0, 0.1) is 88.6 Å². The predicted octanol–water partition coefficient (Wildman–Crippen LogP) is 3.95. The van der Waals surface area contributed by atoms with Crippen molar-refractivity contribution in [1.82, 2.24) is 0 Å². The summed E-state index contributed by atoms with van der Waals surface area (Å²) < 4.78 is 97.8. The van der Waals surface area contributed by atoms with Crippen LogP contribution in [0.3, 0.4) is 0 Å². The molecule has 0 atom stereocenters. The van der Waals surface area contributed by atoms with E-state index >= 15 is 26.3 Å². The van der Waals surface area contributed by atoms with E-state index < -0.39 is 100 Å². The van der Waals surface area contributed by atoms with Crippen LogP contribution in [0.5, 0.6) is 0 Å². The Balaban J connectivity index is 2.70. The van der Waals surface area contributed by atoms with Crippen molar-refractivity contribution in [2.75, 3.05) is 0 Å². The molecule has 13 heteroatoms. The van der Waals surface area contributed by atoms with Crippen LogP contribution in [-0.4, -0.2) is 0 Å². The van der Waals surface area contributed by atoms with Crippen LogP contribution in [0.4, 0.5) is 26.3 Å². The summed E-state index contributed by atoms with van der Waals surface area (Å²) in [5, 5.41) is 18.1. The van der Waals surface area contributed by atoms with Crippen LogP contribution in [0.1, 0.15) is 0 Å². The molecule has 0 spiro atoms. The van der Waals surface area contributed by atoms with Gasteiger partial charge in [0.2, 0.25) is 0 Å². The summed E-state index contributed by atoms with van der Waals surface area (Å²) in [4.78, 5) is 7.98. The number of rotatable bonds is 0. The van der Waals surface area contributed by atoms with Gasteiger partial charge in [0.1, 0.15) is 59.3 Å². The average Bonchev–Trinajstić information content (AvgIpc) is 3.30. The van der Waals surface area contributed by atoms with Crippen LogP contribution in [-0.2, 0) is 0 Å². The molecular weight excluding hydrogens is 502 g/mol. The Morgan fingerprint density at radius 1 is 0.568 bits per heavy atom. The molecule has 0 aliphatic heterocycles. The van der Waals surface area contributed by atoms with Crippen molar-refractivity contribution in [3.8, 4) is 18.2 Å². The quantitative estimate of drug-likeness (QED) is 0.269. The third kappa shape index (κ3) is 2.90. The zero-order chi connectivity index (χ0) is 27.3. The number of hydrogen-bond donors (Lipinski definition) is 0. The lowest BCUT2D eigenvalue weighted by atomic mass is 10.1. The first-order valence-electron chi connectivity index (χ1n) is 9.30. The van der Waals surface area contributed by atoms with Crippen molar-refractivity contribution in [1.29, 1.82) is 15.8 Å². The Morgan fingerprint density at radius 3 is 1.41 bits per heavy atom. The number of halogens is 6. The van der Waals surface area contributed by atoms with E-state index in [1.807, 2.05) is 0 Å². The number of nitrogens with zero attached hydrogens (tertiary/aromatic N) is 6. The maximum atomic E-state index is 15.6. The van der Waals surface area contributed by atoms with Crippen LogP contribution in [0.2, 0.25) is 0 Å². The van der Waals surface area contributed by atoms with E-state index in [0.717, 1.165) is 0 Å². The molecule has 4 aromatic rings. The maximum absolute atomic E-state index is 15.6. The van der Waals surface area contributed by atoms with Gasteiger partial charge < -0.3 is 4.42 Å². The second kappa shape index (κ2) is 8.33. The van der Waals surface area contributed by atoms with Crippen LogP contribution < -0.4 is 15.7 Å². The summed E-state index contributed by atoms with van der Waals surface area (Å²) in [6.45, 7) is 20.9. The summed E-state index contributed by atoms with van der Waals surface area (Å²) in [5.74, 6) is -12.2. The van der Waals surface area contributed by atoms with Crippen molar-refractivity contribution < 1.29 is 30.8 Å². The molecule has 0 amide bonds. The number of fused-ring (bicyclic) bond motifs is 5. The molecule has 0 aliphatic rings. The highest BCUT2D eigenvalue weighted by atomic mass is 19.2. The molecule has 0 saturated carbocycles. The normalized spacial score (nSPS) is 11.2. The summed E-state index contributed by atoms with van der Waals surface area (Å²) in [6.07, 6.45) is 0.